The van der Waals surface area contributed by atoms with Gasteiger partial charge in [0.15, 0.2) is 0 Å². The summed E-state index contributed by atoms with van der Waals surface area (Å²) < 4.78 is 6.00. The molecule has 1 aliphatic carbocycles. The maximum atomic E-state index is 9.66. The van der Waals surface area contributed by atoms with Crippen molar-refractivity contribution in [3.05, 3.63) is 29.8 Å². The zero-order valence-electron chi connectivity index (χ0n) is 11.6. The summed E-state index contributed by atoms with van der Waals surface area (Å²) in [6.45, 7) is 6.61. The minimum Gasteiger partial charge on any atom is -0.490 e. The third kappa shape index (κ3) is 3.49. The first-order chi connectivity index (χ1) is 8.45. The Balaban J connectivity index is 2.05. The molecule has 1 fully saturated rings. The fourth-order valence-electron chi connectivity index (χ4n) is 2.46. The molecule has 1 aliphatic rings. The van der Waals surface area contributed by atoms with E-state index in [-0.39, 0.29) is 17.6 Å². The lowest BCUT2D eigenvalue weighted by atomic mass is 9.87. The van der Waals surface area contributed by atoms with Crippen molar-refractivity contribution in [3.8, 4) is 5.75 Å². The van der Waals surface area contributed by atoms with Crippen molar-refractivity contribution in [3.63, 3.8) is 0 Å². The Labute approximate surface area is 110 Å². The molecule has 0 saturated heterocycles. The molecule has 2 atom stereocenters. The van der Waals surface area contributed by atoms with Gasteiger partial charge in [0.25, 0.3) is 0 Å². The predicted octanol–water partition coefficient (Wildman–Crippen LogP) is 3.67. The molecule has 0 spiro atoms. The van der Waals surface area contributed by atoms with Crippen molar-refractivity contribution in [1.82, 2.24) is 0 Å². The summed E-state index contributed by atoms with van der Waals surface area (Å²) in [6, 6.07) is 8.33. The summed E-state index contributed by atoms with van der Waals surface area (Å²) in [5, 5.41) is 9.66. The SMILES string of the molecule is CC(C)(C)c1cccc(OC2CCCC(O)C2)c1. The summed E-state index contributed by atoms with van der Waals surface area (Å²) in [5.74, 6) is 0.932. The number of hydrogen-bond donors (Lipinski definition) is 1. The molecule has 0 bridgehead atoms. The molecule has 2 unspecified atom stereocenters. The summed E-state index contributed by atoms with van der Waals surface area (Å²) in [6.07, 6.45) is 3.78. The highest BCUT2D eigenvalue weighted by atomic mass is 16.5. The fourth-order valence-corrected chi connectivity index (χ4v) is 2.46. The first-order valence-corrected chi connectivity index (χ1v) is 6.90. The predicted molar refractivity (Wildman–Crippen MR) is 74.0 cm³/mol. The number of benzene rings is 1. The molecular formula is C16H24O2. The number of hydrogen-bond acceptors (Lipinski definition) is 2. The number of aliphatic hydroxyl groups is 1. The van der Waals surface area contributed by atoms with E-state index >= 15 is 0 Å². The molecule has 0 radical (unpaired) electrons. The molecule has 2 rings (SSSR count). The lowest BCUT2D eigenvalue weighted by Gasteiger charge is -2.27. The van der Waals surface area contributed by atoms with Crippen LogP contribution in [0.5, 0.6) is 5.75 Å². The van der Waals surface area contributed by atoms with E-state index in [1.165, 1.54) is 5.56 Å². The van der Waals surface area contributed by atoms with E-state index in [1.54, 1.807) is 0 Å². The van der Waals surface area contributed by atoms with Gasteiger partial charge >= 0.3 is 0 Å². The molecule has 0 aromatic heterocycles. The molecule has 100 valence electrons. The van der Waals surface area contributed by atoms with Gasteiger partial charge in [0.2, 0.25) is 0 Å². The van der Waals surface area contributed by atoms with Crippen molar-refractivity contribution >= 4 is 0 Å². The van der Waals surface area contributed by atoms with Crippen LogP contribution in [0.15, 0.2) is 24.3 Å². The molecule has 1 aromatic rings. The van der Waals surface area contributed by atoms with Crippen LogP contribution in [0, 0.1) is 0 Å². The Kier molecular flexibility index (Phi) is 3.96. The highest BCUT2D eigenvalue weighted by molar-refractivity contribution is 5.32. The third-order valence-corrected chi connectivity index (χ3v) is 3.60. The van der Waals surface area contributed by atoms with Gasteiger partial charge in [-0.2, -0.15) is 0 Å². The van der Waals surface area contributed by atoms with E-state index in [0.29, 0.717) is 0 Å². The van der Waals surface area contributed by atoms with E-state index in [2.05, 4.69) is 39.0 Å². The monoisotopic (exact) mass is 248 g/mol. The maximum absolute atomic E-state index is 9.66. The Morgan fingerprint density at radius 1 is 1.22 bits per heavy atom. The normalized spacial score (nSPS) is 24.9. The number of ether oxygens (including phenoxy) is 1. The summed E-state index contributed by atoms with van der Waals surface area (Å²) in [7, 11) is 0. The molecule has 0 amide bonds. The van der Waals surface area contributed by atoms with Crippen LogP contribution in [0.25, 0.3) is 0 Å². The molecule has 1 aromatic carbocycles. The van der Waals surface area contributed by atoms with Crippen LogP contribution in [0.2, 0.25) is 0 Å². The Morgan fingerprint density at radius 2 is 2.00 bits per heavy atom. The van der Waals surface area contributed by atoms with Gasteiger partial charge in [0, 0.05) is 6.42 Å². The smallest absolute Gasteiger partial charge is 0.120 e. The molecule has 18 heavy (non-hydrogen) atoms. The lowest BCUT2D eigenvalue weighted by Crippen LogP contribution is -2.28. The molecule has 0 heterocycles. The van der Waals surface area contributed by atoms with Crippen LogP contribution >= 0.6 is 0 Å². The van der Waals surface area contributed by atoms with Gasteiger partial charge in [-0.05, 0) is 42.4 Å². The molecule has 0 aliphatic heterocycles. The average molecular weight is 248 g/mol. The quantitative estimate of drug-likeness (QED) is 0.865. The largest absolute Gasteiger partial charge is 0.490 e. The van der Waals surface area contributed by atoms with Gasteiger partial charge in [-0.3, -0.25) is 0 Å². The zero-order chi connectivity index (χ0) is 13.2. The van der Waals surface area contributed by atoms with Crippen molar-refractivity contribution in [2.24, 2.45) is 0 Å². The highest BCUT2D eigenvalue weighted by Gasteiger charge is 2.22. The van der Waals surface area contributed by atoms with Crippen LogP contribution < -0.4 is 4.74 Å². The summed E-state index contributed by atoms with van der Waals surface area (Å²) in [5.41, 5.74) is 1.43. The molecule has 2 heteroatoms. The Hall–Kier alpha value is -1.02. The molecule has 1 saturated carbocycles. The highest BCUT2D eigenvalue weighted by Crippen LogP contribution is 2.28. The van der Waals surface area contributed by atoms with Crippen molar-refractivity contribution in [2.45, 2.75) is 64.1 Å². The standard InChI is InChI=1S/C16H24O2/c1-16(2,3)12-6-4-8-14(10-12)18-15-9-5-7-13(17)11-15/h4,6,8,10,13,15,17H,5,7,9,11H2,1-3H3. The second-order valence-corrected chi connectivity index (χ2v) is 6.34. The van der Waals surface area contributed by atoms with Crippen LogP contribution in [-0.2, 0) is 5.41 Å². The fraction of sp³-hybridized carbons (Fsp3) is 0.625. The van der Waals surface area contributed by atoms with E-state index in [9.17, 15) is 5.11 Å². The first-order valence-electron chi connectivity index (χ1n) is 6.90. The lowest BCUT2D eigenvalue weighted by molar-refractivity contribution is 0.0536. The van der Waals surface area contributed by atoms with Crippen molar-refractivity contribution in [1.29, 1.82) is 0 Å². The van der Waals surface area contributed by atoms with Gasteiger partial charge in [0.1, 0.15) is 11.9 Å². The second kappa shape index (κ2) is 5.31. The minimum atomic E-state index is -0.186. The minimum absolute atomic E-state index is 0.144. The zero-order valence-corrected chi connectivity index (χ0v) is 11.6. The molecule has 1 N–H and O–H groups in total. The van der Waals surface area contributed by atoms with E-state index < -0.39 is 0 Å². The van der Waals surface area contributed by atoms with E-state index in [1.807, 2.05) is 6.07 Å². The van der Waals surface area contributed by atoms with Gasteiger partial charge in [-0.15, -0.1) is 0 Å². The summed E-state index contributed by atoms with van der Waals surface area (Å²) >= 11 is 0. The van der Waals surface area contributed by atoms with E-state index in [0.717, 1.165) is 31.4 Å². The van der Waals surface area contributed by atoms with Gasteiger partial charge in [-0.1, -0.05) is 32.9 Å². The average Bonchev–Trinajstić information content (AvgIpc) is 2.28. The van der Waals surface area contributed by atoms with Gasteiger partial charge in [0.05, 0.1) is 6.10 Å². The van der Waals surface area contributed by atoms with Gasteiger partial charge < -0.3 is 9.84 Å². The van der Waals surface area contributed by atoms with Gasteiger partial charge in [-0.25, -0.2) is 0 Å². The Morgan fingerprint density at radius 3 is 2.67 bits per heavy atom. The summed E-state index contributed by atoms with van der Waals surface area (Å²) in [4.78, 5) is 0. The number of aliphatic hydroxyl groups excluding tert-OH is 1. The van der Waals surface area contributed by atoms with Crippen LogP contribution in [0.3, 0.4) is 0 Å². The Bertz CT molecular complexity index is 392. The third-order valence-electron chi connectivity index (χ3n) is 3.60. The molecule has 2 nitrogen and oxygen atoms in total. The number of rotatable bonds is 2. The van der Waals surface area contributed by atoms with Crippen molar-refractivity contribution < 1.29 is 9.84 Å². The van der Waals surface area contributed by atoms with E-state index in [4.69, 9.17) is 4.74 Å². The first kappa shape index (κ1) is 13.4. The van der Waals surface area contributed by atoms with Crippen LogP contribution in [0.1, 0.15) is 52.0 Å². The van der Waals surface area contributed by atoms with Crippen LogP contribution in [0.4, 0.5) is 0 Å². The van der Waals surface area contributed by atoms with Crippen LogP contribution in [-0.4, -0.2) is 17.3 Å². The van der Waals surface area contributed by atoms with Crippen molar-refractivity contribution in [2.75, 3.05) is 0 Å². The topological polar surface area (TPSA) is 29.5 Å². The second-order valence-electron chi connectivity index (χ2n) is 6.34. The maximum Gasteiger partial charge on any atom is 0.120 e. The molecular weight excluding hydrogens is 224 g/mol.